The van der Waals surface area contributed by atoms with E-state index < -0.39 is 0 Å². The number of ether oxygens (including phenoxy) is 1. The summed E-state index contributed by atoms with van der Waals surface area (Å²) in [6.07, 6.45) is 2.21. The van der Waals surface area contributed by atoms with Crippen LogP contribution in [0.25, 0.3) is 10.9 Å². The van der Waals surface area contributed by atoms with Gasteiger partial charge in [-0.3, -0.25) is 0 Å². The van der Waals surface area contributed by atoms with E-state index in [1.807, 2.05) is 6.07 Å². The molecule has 5 nitrogen and oxygen atoms in total. The molecule has 0 radical (unpaired) electrons. The number of nitrogen functional groups attached to an aromatic ring is 1. The molecule has 1 aromatic heterocycles. The van der Waals surface area contributed by atoms with E-state index in [9.17, 15) is 0 Å². The fourth-order valence-electron chi connectivity index (χ4n) is 4.29. The van der Waals surface area contributed by atoms with Crippen molar-refractivity contribution >= 4 is 22.4 Å². The standard InChI is InChI=1S/C22H24N4O/c23-22-20(19-7-5-15-3-1-2-4-18(15)19)14-16-13-17(6-8-21(16)24-22)25-26-9-11-27-12-10-26/h1-4,6,8,13-14,19,25H,5,7,9-12H2,(H2,23,24)/t19-/m1/s1. The molecule has 0 saturated carbocycles. The van der Waals surface area contributed by atoms with Gasteiger partial charge in [0.15, 0.2) is 0 Å². The van der Waals surface area contributed by atoms with Crippen LogP contribution in [0.2, 0.25) is 0 Å². The Hall–Kier alpha value is -2.63. The molecule has 0 amide bonds. The number of aryl methyl sites for hydroxylation is 1. The predicted octanol–water partition coefficient (Wildman–Crippen LogP) is 3.55. The second-order valence-corrected chi connectivity index (χ2v) is 7.37. The summed E-state index contributed by atoms with van der Waals surface area (Å²) < 4.78 is 5.42. The van der Waals surface area contributed by atoms with E-state index in [4.69, 9.17) is 15.5 Å². The summed E-state index contributed by atoms with van der Waals surface area (Å²) in [6.45, 7) is 3.32. The lowest BCUT2D eigenvalue weighted by Gasteiger charge is -2.28. The second kappa shape index (κ2) is 6.83. The zero-order chi connectivity index (χ0) is 18.2. The maximum Gasteiger partial charge on any atom is 0.127 e. The summed E-state index contributed by atoms with van der Waals surface area (Å²) in [5, 5.41) is 3.32. The summed E-state index contributed by atoms with van der Waals surface area (Å²) in [7, 11) is 0. The minimum absolute atomic E-state index is 0.342. The summed E-state index contributed by atoms with van der Waals surface area (Å²) in [5.41, 5.74) is 15.8. The maximum atomic E-state index is 6.36. The summed E-state index contributed by atoms with van der Waals surface area (Å²) in [6, 6.07) is 17.2. The lowest BCUT2D eigenvalue weighted by atomic mass is 9.92. The van der Waals surface area contributed by atoms with Gasteiger partial charge < -0.3 is 15.9 Å². The highest BCUT2D eigenvalue weighted by Crippen LogP contribution is 2.40. The highest BCUT2D eigenvalue weighted by Gasteiger charge is 2.26. The quantitative estimate of drug-likeness (QED) is 0.748. The SMILES string of the molecule is Nc1nc2ccc(NN3CCOCC3)cc2cc1[C@@H]1CCc2ccccc21. The molecule has 0 bridgehead atoms. The third-order valence-corrected chi connectivity index (χ3v) is 5.68. The molecule has 2 aromatic carbocycles. The largest absolute Gasteiger partial charge is 0.383 e. The number of fused-ring (bicyclic) bond motifs is 2. The number of benzene rings is 2. The Morgan fingerprint density at radius 1 is 1.04 bits per heavy atom. The zero-order valence-corrected chi connectivity index (χ0v) is 15.3. The number of aromatic nitrogens is 1. The van der Waals surface area contributed by atoms with Crippen molar-refractivity contribution < 1.29 is 4.74 Å². The predicted molar refractivity (Wildman–Crippen MR) is 109 cm³/mol. The van der Waals surface area contributed by atoms with Gasteiger partial charge in [0.25, 0.3) is 0 Å². The lowest BCUT2D eigenvalue weighted by Crippen LogP contribution is -2.40. The Balaban J connectivity index is 1.49. The Kier molecular flexibility index (Phi) is 4.19. The molecule has 0 spiro atoms. The van der Waals surface area contributed by atoms with Crippen molar-refractivity contribution in [1.82, 2.24) is 9.99 Å². The fraction of sp³-hybridized carbons (Fsp3) is 0.318. The third kappa shape index (κ3) is 3.13. The van der Waals surface area contributed by atoms with Crippen LogP contribution in [0.1, 0.15) is 29.0 Å². The number of nitrogens with one attached hydrogen (secondary N) is 1. The first kappa shape index (κ1) is 16.5. The third-order valence-electron chi connectivity index (χ3n) is 5.68. The molecule has 1 saturated heterocycles. The maximum absolute atomic E-state index is 6.36. The van der Waals surface area contributed by atoms with Crippen LogP contribution in [0.5, 0.6) is 0 Å². The van der Waals surface area contributed by atoms with Crippen LogP contribution < -0.4 is 11.2 Å². The van der Waals surface area contributed by atoms with Crippen LogP contribution in [-0.2, 0) is 11.2 Å². The molecule has 2 heterocycles. The Morgan fingerprint density at radius 3 is 2.78 bits per heavy atom. The van der Waals surface area contributed by atoms with Crippen molar-refractivity contribution in [3.05, 3.63) is 65.2 Å². The molecule has 5 heteroatoms. The van der Waals surface area contributed by atoms with Crippen molar-refractivity contribution in [2.75, 3.05) is 37.5 Å². The van der Waals surface area contributed by atoms with Gasteiger partial charge in [-0.15, -0.1) is 0 Å². The van der Waals surface area contributed by atoms with Gasteiger partial charge in [-0.2, -0.15) is 0 Å². The van der Waals surface area contributed by atoms with Crippen LogP contribution in [0.4, 0.5) is 11.5 Å². The van der Waals surface area contributed by atoms with Crippen molar-refractivity contribution in [3.8, 4) is 0 Å². The molecule has 0 unspecified atom stereocenters. The molecule has 2 aliphatic rings. The first-order valence-corrected chi connectivity index (χ1v) is 9.65. The number of rotatable bonds is 3. The van der Waals surface area contributed by atoms with E-state index in [2.05, 4.69) is 52.9 Å². The fourth-order valence-corrected chi connectivity index (χ4v) is 4.29. The molecule has 1 atom stereocenters. The van der Waals surface area contributed by atoms with Crippen molar-refractivity contribution in [1.29, 1.82) is 0 Å². The number of hydrazine groups is 1. The molecule has 1 fully saturated rings. The summed E-state index contributed by atoms with van der Waals surface area (Å²) >= 11 is 0. The molecule has 1 aliphatic heterocycles. The first-order chi connectivity index (χ1) is 13.3. The number of hydrogen-bond acceptors (Lipinski definition) is 5. The van der Waals surface area contributed by atoms with E-state index in [1.54, 1.807) is 0 Å². The Bertz CT molecular complexity index is 981. The highest BCUT2D eigenvalue weighted by atomic mass is 16.5. The van der Waals surface area contributed by atoms with Crippen molar-refractivity contribution in [3.63, 3.8) is 0 Å². The smallest absolute Gasteiger partial charge is 0.127 e. The minimum atomic E-state index is 0.342. The van der Waals surface area contributed by atoms with E-state index in [-0.39, 0.29) is 0 Å². The van der Waals surface area contributed by atoms with E-state index in [0.29, 0.717) is 11.7 Å². The summed E-state index contributed by atoms with van der Waals surface area (Å²) in [4.78, 5) is 4.70. The number of nitrogens with two attached hydrogens (primary N) is 1. The number of pyridine rings is 1. The van der Waals surface area contributed by atoms with Gasteiger partial charge in [-0.25, -0.2) is 9.99 Å². The molecule has 27 heavy (non-hydrogen) atoms. The van der Waals surface area contributed by atoms with Gasteiger partial charge >= 0.3 is 0 Å². The van der Waals surface area contributed by atoms with E-state index in [1.165, 1.54) is 11.1 Å². The van der Waals surface area contributed by atoms with Crippen LogP contribution in [0.15, 0.2) is 48.5 Å². The Labute approximate surface area is 159 Å². The minimum Gasteiger partial charge on any atom is -0.383 e. The van der Waals surface area contributed by atoms with Crippen molar-refractivity contribution in [2.45, 2.75) is 18.8 Å². The zero-order valence-electron chi connectivity index (χ0n) is 15.3. The van der Waals surface area contributed by atoms with Crippen LogP contribution in [0, 0.1) is 0 Å². The van der Waals surface area contributed by atoms with Crippen LogP contribution in [-0.4, -0.2) is 36.3 Å². The molecule has 3 aromatic rings. The van der Waals surface area contributed by atoms with Crippen LogP contribution in [0.3, 0.4) is 0 Å². The average Bonchev–Trinajstić information content (AvgIpc) is 3.12. The van der Waals surface area contributed by atoms with Gasteiger partial charge in [0.2, 0.25) is 0 Å². The number of nitrogens with zero attached hydrogens (tertiary/aromatic N) is 2. The monoisotopic (exact) mass is 360 g/mol. The average molecular weight is 360 g/mol. The van der Waals surface area contributed by atoms with E-state index in [0.717, 1.165) is 61.3 Å². The molecule has 5 rings (SSSR count). The normalized spacial score (nSPS) is 19.9. The van der Waals surface area contributed by atoms with Gasteiger partial charge in [-0.05, 0) is 48.2 Å². The molecule has 3 N–H and O–H groups in total. The van der Waals surface area contributed by atoms with E-state index >= 15 is 0 Å². The molecule has 138 valence electrons. The van der Waals surface area contributed by atoms with Gasteiger partial charge in [-0.1, -0.05) is 24.3 Å². The van der Waals surface area contributed by atoms with Gasteiger partial charge in [0, 0.05) is 35.6 Å². The van der Waals surface area contributed by atoms with Crippen molar-refractivity contribution in [2.24, 2.45) is 0 Å². The highest BCUT2D eigenvalue weighted by molar-refractivity contribution is 5.85. The molecule has 1 aliphatic carbocycles. The number of morpholine rings is 1. The van der Waals surface area contributed by atoms with Gasteiger partial charge in [0.05, 0.1) is 18.7 Å². The summed E-state index contributed by atoms with van der Waals surface area (Å²) in [5.74, 6) is 0.993. The second-order valence-electron chi connectivity index (χ2n) is 7.37. The first-order valence-electron chi connectivity index (χ1n) is 9.65. The number of hydrogen-bond donors (Lipinski definition) is 2. The molecular weight excluding hydrogens is 336 g/mol. The van der Waals surface area contributed by atoms with Crippen LogP contribution >= 0.6 is 0 Å². The lowest BCUT2D eigenvalue weighted by molar-refractivity contribution is 0.0497. The number of anilines is 2. The Morgan fingerprint density at radius 2 is 1.89 bits per heavy atom. The van der Waals surface area contributed by atoms with Gasteiger partial charge in [0.1, 0.15) is 5.82 Å². The molecular formula is C22H24N4O. The topological polar surface area (TPSA) is 63.4 Å².